The van der Waals surface area contributed by atoms with Gasteiger partial charge in [0.15, 0.2) is 5.69 Å². The van der Waals surface area contributed by atoms with Gasteiger partial charge in [-0.2, -0.15) is 0 Å². The normalized spacial score (nSPS) is 17.0. The molecule has 0 radical (unpaired) electrons. The number of rotatable bonds is 3. The number of piperidine rings is 1. The van der Waals surface area contributed by atoms with Crippen LogP contribution in [0.5, 0.6) is 5.75 Å². The standard InChI is InChI=1S/C21H23FN4O6/c1-31-20(30)25-8-6-21(7-9-25)19-24-15(16(27)18(29)26(19)10-11-32-21)17(28)23-12-13-2-4-14(22)5-3-13/h2-5,27H,6-12H2,1H3,(H,23,28). The third-order valence-corrected chi connectivity index (χ3v) is 5.83. The first-order valence-electron chi connectivity index (χ1n) is 10.2. The first-order chi connectivity index (χ1) is 15.3. The number of aromatic hydroxyl groups is 1. The molecule has 1 fully saturated rings. The van der Waals surface area contributed by atoms with Crippen molar-refractivity contribution in [1.82, 2.24) is 19.8 Å². The number of hydrogen-bond donors (Lipinski definition) is 2. The van der Waals surface area contributed by atoms with Crippen molar-refractivity contribution in [1.29, 1.82) is 0 Å². The lowest BCUT2D eigenvalue weighted by Gasteiger charge is -2.43. The summed E-state index contributed by atoms with van der Waals surface area (Å²) in [5.41, 5.74) is -1.44. The van der Waals surface area contributed by atoms with Crippen LogP contribution in [0.15, 0.2) is 29.1 Å². The van der Waals surface area contributed by atoms with Gasteiger partial charge in [0, 0.05) is 32.5 Å². The maximum atomic E-state index is 13.1. The van der Waals surface area contributed by atoms with Gasteiger partial charge in [0.1, 0.15) is 17.2 Å². The third kappa shape index (κ3) is 3.91. The number of likely N-dealkylation sites (tertiary alicyclic amines) is 1. The molecule has 0 aliphatic carbocycles. The minimum Gasteiger partial charge on any atom is -0.501 e. The van der Waals surface area contributed by atoms with Crippen molar-refractivity contribution in [3.63, 3.8) is 0 Å². The van der Waals surface area contributed by atoms with Gasteiger partial charge in [0.05, 0.1) is 20.3 Å². The Balaban J connectivity index is 1.61. The summed E-state index contributed by atoms with van der Waals surface area (Å²) in [6.07, 6.45) is 0.263. The van der Waals surface area contributed by atoms with Gasteiger partial charge < -0.3 is 24.8 Å². The van der Waals surface area contributed by atoms with Crippen molar-refractivity contribution in [2.75, 3.05) is 26.8 Å². The van der Waals surface area contributed by atoms with E-state index in [0.717, 1.165) is 0 Å². The number of aromatic nitrogens is 2. The van der Waals surface area contributed by atoms with E-state index in [2.05, 4.69) is 10.3 Å². The summed E-state index contributed by atoms with van der Waals surface area (Å²) in [5, 5.41) is 13.0. The molecule has 11 heteroatoms. The number of nitrogens with zero attached hydrogens (tertiary/aromatic N) is 3. The molecule has 2 amide bonds. The average molecular weight is 446 g/mol. The van der Waals surface area contributed by atoms with E-state index in [0.29, 0.717) is 31.5 Å². The van der Waals surface area contributed by atoms with Crippen molar-refractivity contribution in [3.8, 4) is 5.75 Å². The molecule has 0 saturated carbocycles. The zero-order chi connectivity index (χ0) is 22.9. The Labute approximate surface area is 182 Å². The van der Waals surface area contributed by atoms with E-state index in [1.807, 2.05) is 0 Å². The van der Waals surface area contributed by atoms with E-state index >= 15 is 0 Å². The van der Waals surface area contributed by atoms with Crippen LogP contribution in [0.25, 0.3) is 0 Å². The Morgan fingerprint density at radius 3 is 2.59 bits per heavy atom. The monoisotopic (exact) mass is 446 g/mol. The van der Waals surface area contributed by atoms with Gasteiger partial charge in [-0.3, -0.25) is 14.2 Å². The number of ether oxygens (including phenoxy) is 2. The van der Waals surface area contributed by atoms with Gasteiger partial charge in [-0.1, -0.05) is 12.1 Å². The van der Waals surface area contributed by atoms with E-state index < -0.39 is 40.4 Å². The Morgan fingerprint density at radius 2 is 1.94 bits per heavy atom. The first-order valence-corrected chi connectivity index (χ1v) is 10.2. The first kappa shape index (κ1) is 21.8. The lowest BCUT2D eigenvalue weighted by molar-refractivity contribution is -0.114. The van der Waals surface area contributed by atoms with E-state index in [4.69, 9.17) is 9.47 Å². The molecule has 1 aromatic carbocycles. The van der Waals surface area contributed by atoms with Gasteiger partial charge in [0.2, 0.25) is 5.75 Å². The van der Waals surface area contributed by atoms with Crippen molar-refractivity contribution in [3.05, 3.63) is 57.5 Å². The topological polar surface area (TPSA) is 123 Å². The molecule has 4 rings (SSSR count). The molecule has 2 N–H and O–H groups in total. The summed E-state index contributed by atoms with van der Waals surface area (Å²) in [5.74, 6) is -1.62. The average Bonchev–Trinajstić information content (AvgIpc) is 2.81. The molecule has 0 bridgehead atoms. The molecule has 3 heterocycles. The molecule has 32 heavy (non-hydrogen) atoms. The molecule has 0 atom stereocenters. The quantitative estimate of drug-likeness (QED) is 0.724. The molecule has 1 saturated heterocycles. The predicted molar refractivity (Wildman–Crippen MR) is 109 cm³/mol. The van der Waals surface area contributed by atoms with Crippen LogP contribution < -0.4 is 10.9 Å². The van der Waals surface area contributed by atoms with Crippen LogP contribution in [0.3, 0.4) is 0 Å². The van der Waals surface area contributed by atoms with Gasteiger partial charge >= 0.3 is 6.09 Å². The maximum absolute atomic E-state index is 13.1. The van der Waals surface area contributed by atoms with Crippen LogP contribution in [-0.4, -0.2) is 58.4 Å². The predicted octanol–water partition coefficient (Wildman–Crippen LogP) is 1.11. The van der Waals surface area contributed by atoms with Crippen LogP contribution in [-0.2, 0) is 28.2 Å². The number of nitrogens with one attached hydrogen (secondary N) is 1. The number of fused-ring (bicyclic) bond motifs is 2. The third-order valence-electron chi connectivity index (χ3n) is 5.83. The minimum absolute atomic E-state index is 0.0639. The number of amides is 2. The molecule has 10 nitrogen and oxygen atoms in total. The van der Waals surface area contributed by atoms with Crippen LogP contribution in [0.1, 0.15) is 34.7 Å². The molecule has 1 spiro atoms. The van der Waals surface area contributed by atoms with Gasteiger partial charge in [-0.05, 0) is 17.7 Å². The Morgan fingerprint density at radius 1 is 1.25 bits per heavy atom. The van der Waals surface area contributed by atoms with Crippen LogP contribution in [0.2, 0.25) is 0 Å². The van der Waals surface area contributed by atoms with Crippen molar-refractivity contribution >= 4 is 12.0 Å². The lowest BCUT2D eigenvalue weighted by Crippen LogP contribution is -2.52. The number of hydrogen-bond acceptors (Lipinski definition) is 7. The highest BCUT2D eigenvalue weighted by Crippen LogP contribution is 2.38. The van der Waals surface area contributed by atoms with E-state index in [9.17, 15) is 23.9 Å². The zero-order valence-corrected chi connectivity index (χ0v) is 17.5. The summed E-state index contributed by atoms with van der Waals surface area (Å²) in [6, 6.07) is 5.57. The summed E-state index contributed by atoms with van der Waals surface area (Å²) in [4.78, 5) is 43.2. The van der Waals surface area contributed by atoms with Gasteiger partial charge in [0.25, 0.3) is 11.5 Å². The minimum atomic E-state index is -0.957. The molecule has 2 aliphatic heterocycles. The molecule has 2 aliphatic rings. The molecule has 2 aromatic rings. The molecule has 1 aromatic heterocycles. The van der Waals surface area contributed by atoms with Crippen molar-refractivity contribution < 1.29 is 28.6 Å². The van der Waals surface area contributed by atoms with Gasteiger partial charge in [-0.25, -0.2) is 14.2 Å². The second-order valence-corrected chi connectivity index (χ2v) is 7.70. The van der Waals surface area contributed by atoms with Crippen LogP contribution >= 0.6 is 0 Å². The van der Waals surface area contributed by atoms with E-state index in [1.165, 1.54) is 40.8 Å². The van der Waals surface area contributed by atoms with Crippen molar-refractivity contribution in [2.45, 2.75) is 31.5 Å². The number of benzene rings is 1. The Bertz CT molecular complexity index is 1090. The Hall–Kier alpha value is -3.47. The number of carbonyl (C=O) groups excluding carboxylic acids is 2. The molecular weight excluding hydrogens is 423 g/mol. The molecule has 0 unspecified atom stereocenters. The highest BCUT2D eigenvalue weighted by Gasteiger charge is 2.45. The Kier molecular flexibility index (Phi) is 5.83. The summed E-state index contributed by atoms with van der Waals surface area (Å²) < 4.78 is 25.2. The SMILES string of the molecule is COC(=O)N1CCC2(CC1)OCCn1c2nc(C(=O)NCc2ccc(F)cc2)c(O)c1=O. The van der Waals surface area contributed by atoms with Crippen LogP contribution in [0, 0.1) is 5.82 Å². The fourth-order valence-electron chi connectivity index (χ4n) is 4.07. The second-order valence-electron chi connectivity index (χ2n) is 7.70. The largest absolute Gasteiger partial charge is 0.501 e. The van der Waals surface area contributed by atoms with Crippen LogP contribution in [0.4, 0.5) is 9.18 Å². The fraction of sp³-hybridized carbons (Fsp3) is 0.429. The second kappa shape index (κ2) is 8.58. The molecular formula is C21H23FN4O6. The molecule has 170 valence electrons. The fourth-order valence-corrected chi connectivity index (χ4v) is 4.07. The summed E-state index contributed by atoms with van der Waals surface area (Å²) in [7, 11) is 1.31. The number of methoxy groups -OCH3 is 1. The zero-order valence-electron chi connectivity index (χ0n) is 17.5. The van der Waals surface area contributed by atoms with E-state index in [-0.39, 0.29) is 25.5 Å². The smallest absolute Gasteiger partial charge is 0.409 e. The van der Waals surface area contributed by atoms with E-state index in [1.54, 1.807) is 0 Å². The highest BCUT2D eigenvalue weighted by atomic mass is 19.1. The highest BCUT2D eigenvalue weighted by molar-refractivity contribution is 5.94. The van der Waals surface area contributed by atoms with Gasteiger partial charge in [-0.15, -0.1) is 0 Å². The maximum Gasteiger partial charge on any atom is 0.409 e. The summed E-state index contributed by atoms with van der Waals surface area (Å²) in [6.45, 7) is 1.15. The summed E-state index contributed by atoms with van der Waals surface area (Å²) >= 11 is 0. The number of carbonyl (C=O) groups is 2. The number of halogens is 1. The lowest BCUT2D eigenvalue weighted by atomic mass is 9.89. The van der Waals surface area contributed by atoms with Crippen molar-refractivity contribution in [2.24, 2.45) is 0 Å².